The average Bonchev–Trinajstić information content (AvgIpc) is 3.24. The smallest absolute Gasteiger partial charge is 0.119 e. The molecule has 0 atom stereocenters. The van der Waals surface area contributed by atoms with Crippen LogP contribution in [-0.4, -0.2) is 31.1 Å². The second-order valence-electron chi connectivity index (χ2n) is 5.08. The first-order chi connectivity index (χ1) is 9.31. The lowest BCUT2D eigenvalue weighted by Gasteiger charge is -2.19. The predicted molar refractivity (Wildman–Crippen MR) is 77.8 cm³/mol. The third kappa shape index (κ3) is 4.94. The third-order valence-electron chi connectivity index (χ3n) is 3.36. The SMILES string of the molecule is C#CCN(CCOc1ccc(CN)cc1)CC1CC1. The van der Waals surface area contributed by atoms with E-state index >= 15 is 0 Å². The molecule has 0 saturated heterocycles. The summed E-state index contributed by atoms with van der Waals surface area (Å²) in [5.41, 5.74) is 6.68. The highest BCUT2D eigenvalue weighted by molar-refractivity contribution is 5.27. The van der Waals surface area contributed by atoms with Crippen LogP contribution >= 0.6 is 0 Å². The number of terminal acetylenes is 1. The Morgan fingerprint density at radius 3 is 2.63 bits per heavy atom. The zero-order valence-corrected chi connectivity index (χ0v) is 11.3. The van der Waals surface area contributed by atoms with Gasteiger partial charge in [-0.25, -0.2) is 0 Å². The molecular formula is C16H22N2O. The maximum absolute atomic E-state index is 5.73. The number of hydrogen-bond acceptors (Lipinski definition) is 3. The van der Waals surface area contributed by atoms with Gasteiger partial charge in [0.1, 0.15) is 12.4 Å². The number of nitrogens with zero attached hydrogens (tertiary/aromatic N) is 1. The van der Waals surface area contributed by atoms with Crippen molar-refractivity contribution >= 4 is 0 Å². The van der Waals surface area contributed by atoms with Gasteiger partial charge >= 0.3 is 0 Å². The van der Waals surface area contributed by atoms with Crippen molar-refractivity contribution in [3.63, 3.8) is 0 Å². The molecule has 0 unspecified atom stereocenters. The molecule has 1 aliphatic rings. The second-order valence-corrected chi connectivity index (χ2v) is 5.08. The summed E-state index contributed by atoms with van der Waals surface area (Å²) in [6, 6.07) is 7.93. The summed E-state index contributed by atoms with van der Waals surface area (Å²) in [6.07, 6.45) is 8.10. The minimum atomic E-state index is 0.567. The number of rotatable bonds is 8. The van der Waals surface area contributed by atoms with Gasteiger partial charge in [-0.3, -0.25) is 4.90 Å². The van der Waals surface area contributed by atoms with Crippen molar-refractivity contribution in [3.8, 4) is 18.1 Å². The quantitative estimate of drug-likeness (QED) is 0.723. The van der Waals surface area contributed by atoms with Crippen molar-refractivity contribution in [2.24, 2.45) is 11.7 Å². The molecule has 1 saturated carbocycles. The van der Waals surface area contributed by atoms with Gasteiger partial charge in [0.05, 0.1) is 6.54 Å². The van der Waals surface area contributed by atoms with Crippen molar-refractivity contribution in [3.05, 3.63) is 29.8 Å². The average molecular weight is 258 g/mol. The highest BCUT2D eigenvalue weighted by Gasteiger charge is 2.23. The molecule has 102 valence electrons. The predicted octanol–water partition coefficient (Wildman–Crippen LogP) is 1.87. The van der Waals surface area contributed by atoms with E-state index in [2.05, 4.69) is 10.8 Å². The molecule has 2 N–H and O–H groups in total. The molecule has 0 spiro atoms. The molecule has 0 radical (unpaired) electrons. The standard InChI is InChI=1S/C16H22N2O/c1-2-9-18(13-15-3-4-15)10-11-19-16-7-5-14(12-17)6-8-16/h1,5-8,15H,3-4,9-13,17H2. The van der Waals surface area contributed by atoms with Gasteiger partial charge in [0.2, 0.25) is 0 Å². The summed E-state index contributed by atoms with van der Waals surface area (Å²) < 4.78 is 5.73. The Labute approximate surface area is 115 Å². The van der Waals surface area contributed by atoms with Crippen molar-refractivity contribution in [2.45, 2.75) is 19.4 Å². The molecule has 0 aromatic heterocycles. The Hall–Kier alpha value is -1.50. The van der Waals surface area contributed by atoms with Crippen LogP contribution in [0.3, 0.4) is 0 Å². The minimum Gasteiger partial charge on any atom is -0.492 e. The third-order valence-corrected chi connectivity index (χ3v) is 3.36. The lowest BCUT2D eigenvalue weighted by atomic mass is 10.2. The van der Waals surface area contributed by atoms with E-state index in [0.29, 0.717) is 19.7 Å². The van der Waals surface area contributed by atoms with E-state index in [-0.39, 0.29) is 0 Å². The molecule has 0 amide bonds. The monoisotopic (exact) mass is 258 g/mol. The topological polar surface area (TPSA) is 38.5 Å². The van der Waals surface area contributed by atoms with Crippen LogP contribution in [0.15, 0.2) is 24.3 Å². The first-order valence-corrected chi connectivity index (χ1v) is 6.89. The summed E-state index contributed by atoms with van der Waals surface area (Å²) in [6.45, 7) is 3.96. The summed E-state index contributed by atoms with van der Waals surface area (Å²) >= 11 is 0. The normalized spacial score (nSPS) is 14.4. The Bertz CT molecular complexity index is 417. The van der Waals surface area contributed by atoms with Gasteiger partial charge in [-0.1, -0.05) is 18.1 Å². The maximum atomic E-state index is 5.73. The first kappa shape index (κ1) is 13.9. The summed E-state index contributed by atoms with van der Waals surface area (Å²) in [5.74, 6) is 4.47. The van der Waals surface area contributed by atoms with E-state index in [1.807, 2.05) is 24.3 Å². The largest absolute Gasteiger partial charge is 0.492 e. The Morgan fingerprint density at radius 2 is 2.05 bits per heavy atom. The van der Waals surface area contributed by atoms with Gasteiger partial charge < -0.3 is 10.5 Å². The maximum Gasteiger partial charge on any atom is 0.119 e. The van der Waals surface area contributed by atoms with Crippen LogP contribution in [0.2, 0.25) is 0 Å². The Balaban J connectivity index is 1.72. The van der Waals surface area contributed by atoms with E-state index in [9.17, 15) is 0 Å². The van der Waals surface area contributed by atoms with Crippen LogP contribution < -0.4 is 10.5 Å². The molecule has 1 aliphatic carbocycles. The Kier molecular flexibility index (Phi) is 5.26. The lowest BCUT2D eigenvalue weighted by Crippen LogP contribution is -2.30. The van der Waals surface area contributed by atoms with Gasteiger partial charge in [-0.15, -0.1) is 6.42 Å². The van der Waals surface area contributed by atoms with Crippen LogP contribution in [0.5, 0.6) is 5.75 Å². The number of benzene rings is 1. The zero-order chi connectivity index (χ0) is 13.5. The Morgan fingerprint density at radius 1 is 1.32 bits per heavy atom. The molecule has 0 aliphatic heterocycles. The minimum absolute atomic E-state index is 0.567. The lowest BCUT2D eigenvalue weighted by molar-refractivity contribution is 0.219. The van der Waals surface area contributed by atoms with Crippen molar-refractivity contribution < 1.29 is 4.74 Å². The number of hydrogen-bond donors (Lipinski definition) is 1. The molecule has 2 rings (SSSR count). The molecule has 1 aromatic rings. The van der Waals surface area contributed by atoms with Gasteiger partial charge in [-0.2, -0.15) is 0 Å². The van der Waals surface area contributed by atoms with E-state index in [0.717, 1.165) is 30.3 Å². The summed E-state index contributed by atoms with van der Waals surface area (Å²) in [7, 11) is 0. The fourth-order valence-corrected chi connectivity index (χ4v) is 2.04. The number of ether oxygens (including phenoxy) is 1. The molecule has 1 fully saturated rings. The first-order valence-electron chi connectivity index (χ1n) is 6.89. The van der Waals surface area contributed by atoms with Gasteiger partial charge in [-0.05, 0) is 36.5 Å². The zero-order valence-electron chi connectivity index (χ0n) is 11.3. The van der Waals surface area contributed by atoms with Gasteiger partial charge in [0.15, 0.2) is 0 Å². The molecular weight excluding hydrogens is 236 g/mol. The molecule has 19 heavy (non-hydrogen) atoms. The van der Waals surface area contributed by atoms with Crippen LogP contribution in [0, 0.1) is 18.3 Å². The summed E-state index contributed by atoms with van der Waals surface area (Å²) in [4.78, 5) is 2.30. The number of nitrogens with two attached hydrogens (primary N) is 1. The van der Waals surface area contributed by atoms with E-state index in [1.54, 1.807) is 0 Å². The fraction of sp³-hybridized carbons (Fsp3) is 0.500. The van der Waals surface area contributed by atoms with Crippen molar-refractivity contribution in [1.29, 1.82) is 0 Å². The van der Waals surface area contributed by atoms with Crippen molar-refractivity contribution in [2.75, 3.05) is 26.2 Å². The van der Waals surface area contributed by atoms with Crippen LogP contribution in [-0.2, 0) is 6.54 Å². The van der Waals surface area contributed by atoms with Crippen LogP contribution in [0.4, 0.5) is 0 Å². The highest BCUT2D eigenvalue weighted by atomic mass is 16.5. The molecule has 1 aromatic carbocycles. The van der Waals surface area contributed by atoms with Crippen LogP contribution in [0.25, 0.3) is 0 Å². The second kappa shape index (κ2) is 7.18. The van der Waals surface area contributed by atoms with E-state index in [1.165, 1.54) is 12.8 Å². The molecule has 3 heteroatoms. The molecule has 0 bridgehead atoms. The summed E-state index contributed by atoms with van der Waals surface area (Å²) in [5, 5.41) is 0. The molecule has 3 nitrogen and oxygen atoms in total. The fourth-order valence-electron chi connectivity index (χ4n) is 2.04. The van der Waals surface area contributed by atoms with Gasteiger partial charge in [0.25, 0.3) is 0 Å². The molecule has 0 heterocycles. The van der Waals surface area contributed by atoms with Gasteiger partial charge in [0, 0.05) is 19.6 Å². The van der Waals surface area contributed by atoms with Crippen molar-refractivity contribution in [1.82, 2.24) is 4.90 Å². The highest BCUT2D eigenvalue weighted by Crippen LogP contribution is 2.29. The van der Waals surface area contributed by atoms with Crippen LogP contribution in [0.1, 0.15) is 18.4 Å². The van der Waals surface area contributed by atoms with E-state index in [4.69, 9.17) is 16.9 Å². The van der Waals surface area contributed by atoms with E-state index < -0.39 is 0 Å².